The highest BCUT2D eigenvalue weighted by atomic mass is 19.1. The Morgan fingerprint density at radius 3 is 2.68 bits per heavy atom. The number of rotatable bonds is 6. The summed E-state index contributed by atoms with van der Waals surface area (Å²) in [5, 5.41) is 3.76. The number of anilines is 1. The first kappa shape index (κ1) is 18.6. The van der Waals surface area contributed by atoms with Crippen LogP contribution in [0.25, 0.3) is 0 Å². The number of benzene rings is 1. The molecule has 2 aliphatic heterocycles. The van der Waals surface area contributed by atoms with Crippen molar-refractivity contribution < 1.29 is 9.13 Å². The summed E-state index contributed by atoms with van der Waals surface area (Å²) in [7, 11) is 3.94. The number of nitrogens with one attached hydrogen (secondary N) is 1. The maximum atomic E-state index is 13.6. The molecule has 0 unspecified atom stereocenters. The minimum absolute atomic E-state index is 0.177. The zero-order valence-electron chi connectivity index (χ0n) is 15.8. The Balaban J connectivity index is 1.51. The fourth-order valence-corrected chi connectivity index (χ4v) is 4.09. The minimum atomic E-state index is -0.177. The molecule has 140 valence electrons. The van der Waals surface area contributed by atoms with Crippen molar-refractivity contribution in [3.63, 3.8) is 0 Å². The van der Waals surface area contributed by atoms with Gasteiger partial charge in [0.15, 0.2) is 0 Å². The molecular weight excluding hydrogens is 317 g/mol. The van der Waals surface area contributed by atoms with E-state index in [1.54, 1.807) is 12.1 Å². The first-order chi connectivity index (χ1) is 12.0. The van der Waals surface area contributed by atoms with Crippen LogP contribution in [0, 0.1) is 11.7 Å². The molecule has 2 aliphatic rings. The molecule has 0 aliphatic carbocycles. The molecule has 3 rings (SSSR count). The van der Waals surface area contributed by atoms with E-state index in [0.717, 1.165) is 43.5 Å². The van der Waals surface area contributed by atoms with Crippen molar-refractivity contribution in [3.8, 4) is 0 Å². The van der Waals surface area contributed by atoms with Crippen LogP contribution >= 0.6 is 0 Å². The zero-order valence-corrected chi connectivity index (χ0v) is 15.8. The van der Waals surface area contributed by atoms with Crippen LogP contribution in [0.2, 0.25) is 0 Å². The lowest BCUT2D eigenvalue weighted by Crippen LogP contribution is -2.44. The van der Waals surface area contributed by atoms with Crippen molar-refractivity contribution in [2.24, 2.45) is 5.92 Å². The lowest BCUT2D eigenvalue weighted by molar-refractivity contribution is 0.145. The molecule has 5 heteroatoms. The third-order valence-corrected chi connectivity index (χ3v) is 5.55. The topological polar surface area (TPSA) is 27.7 Å². The summed E-state index contributed by atoms with van der Waals surface area (Å²) in [4.78, 5) is 4.58. The van der Waals surface area contributed by atoms with Gasteiger partial charge in [-0.15, -0.1) is 0 Å². The Hall–Kier alpha value is -1.17. The van der Waals surface area contributed by atoms with E-state index < -0.39 is 0 Å². The van der Waals surface area contributed by atoms with Gasteiger partial charge in [-0.2, -0.15) is 0 Å². The second-order valence-electron chi connectivity index (χ2n) is 7.79. The summed E-state index contributed by atoms with van der Waals surface area (Å²) >= 11 is 0. The Bertz CT molecular complexity index is 552. The monoisotopic (exact) mass is 349 g/mol. The van der Waals surface area contributed by atoms with Crippen LogP contribution in [0.4, 0.5) is 10.1 Å². The highest BCUT2D eigenvalue weighted by Gasteiger charge is 2.25. The smallest absolute Gasteiger partial charge is 0.125 e. The van der Waals surface area contributed by atoms with Gasteiger partial charge in [-0.1, -0.05) is 6.07 Å². The highest BCUT2D eigenvalue weighted by Crippen LogP contribution is 2.27. The maximum absolute atomic E-state index is 13.6. The van der Waals surface area contributed by atoms with Gasteiger partial charge in [0.2, 0.25) is 0 Å². The van der Waals surface area contributed by atoms with E-state index in [4.69, 9.17) is 4.74 Å². The number of hydrogen-bond acceptors (Lipinski definition) is 4. The maximum Gasteiger partial charge on any atom is 0.125 e. The van der Waals surface area contributed by atoms with E-state index >= 15 is 0 Å². The molecule has 25 heavy (non-hydrogen) atoms. The van der Waals surface area contributed by atoms with Crippen LogP contribution in [0.3, 0.4) is 0 Å². The van der Waals surface area contributed by atoms with Gasteiger partial charge in [-0.25, -0.2) is 4.39 Å². The third kappa shape index (κ3) is 4.93. The number of ether oxygens (including phenoxy) is 1. The highest BCUT2D eigenvalue weighted by molar-refractivity contribution is 5.54. The molecule has 0 saturated carbocycles. The molecule has 2 fully saturated rings. The Morgan fingerprint density at radius 2 is 2.04 bits per heavy atom. The molecule has 1 N–H and O–H groups in total. The van der Waals surface area contributed by atoms with Crippen LogP contribution in [0.15, 0.2) is 18.2 Å². The molecule has 0 aromatic heterocycles. The van der Waals surface area contributed by atoms with E-state index in [0.29, 0.717) is 6.04 Å². The fraction of sp³-hybridized carbons (Fsp3) is 0.700. The molecule has 1 aromatic rings. The van der Waals surface area contributed by atoms with Crippen molar-refractivity contribution in [2.45, 2.75) is 38.3 Å². The summed E-state index contributed by atoms with van der Waals surface area (Å²) in [5.41, 5.74) is 2.12. The van der Waals surface area contributed by atoms with Crippen LogP contribution in [0.5, 0.6) is 0 Å². The number of piperidine rings is 1. The van der Waals surface area contributed by atoms with Crippen molar-refractivity contribution in [2.75, 3.05) is 51.8 Å². The number of likely N-dealkylation sites (tertiary alicyclic amines) is 1. The van der Waals surface area contributed by atoms with E-state index in [9.17, 15) is 4.39 Å². The fourth-order valence-electron chi connectivity index (χ4n) is 4.09. The Morgan fingerprint density at radius 1 is 1.28 bits per heavy atom. The lowest BCUT2D eigenvalue weighted by Gasteiger charge is -2.35. The first-order valence-corrected chi connectivity index (χ1v) is 9.56. The molecule has 1 aromatic carbocycles. The summed E-state index contributed by atoms with van der Waals surface area (Å²) in [6.07, 6.45) is 3.57. The van der Waals surface area contributed by atoms with Crippen LogP contribution in [-0.4, -0.2) is 57.9 Å². The van der Waals surface area contributed by atoms with Crippen LogP contribution in [-0.2, 0) is 4.74 Å². The average Bonchev–Trinajstić information content (AvgIpc) is 3.09. The summed E-state index contributed by atoms with van der Waals surface area (Å²) in [6.45, 7) is 7.56. The molecule has 2 heterocycles. The summed E-state index contributed by atoms with van der Waals surface area (Å²) in [5.74, 6) is 0.550. The largest absolute Gasteiger partial charge is 0.381 e. The van der Waals surface area contributed by atoms with Gasteiger partial charge >= 0.3 is 0 Å². The van der Waals surface area contributed by atoms with Gasteiger partial charge in [0.25, 0.3) is 0 Å². The summed E-state index contributed by atoms with van der Waals surface area (Å²) < 4.78 is 19.1. The molecule has 2 atom stereocenters. The third-order valence-electron chi connectivity index (χ3n) is 5.55. The van der Waals surface area contributed by atoms with Crippen molar-refractivity contribution in [3.05, 3.63) is 29.6 Å². The van der Waals surface area contributed by atoms with E-state index in [1.165, 1.54) is 25.8 Å². The molecule has 0 bridgehead atoms. The number of nitrogens with zero attached hydrogens (tertiary/aromatic N) is 2. The molecule has 4 nitrogen and oxygen atoms in total. The predicted molar refractivity (Wildman–Crippen MR) is 101 cm³/mol. The molecular formula is C20H32FN3O. The van der Waals surface area contributed by atoms with Crippen molar-refractivity contribution >= 4 is 5.69 Å². The van der Waals surface area contributed by atoms with Crippen molar-refractivity contribution in [1.82, 2.24) is 10.2 Å². The SMILES string of the molecule is C[C@@H](NC1CCN(C[C@@H]2CCOC2)CC1)c1ccc(F)cc1N(C)C. The predicted octanol–water partition coefficient (Wildman–Crippen LogP) is 3.04. The van der Waals surface area contributed by atoms with Crippen LogP contribution < -0.4 is 10.2 Å². The van der Waals surface area contributed by atoms with E-state index in [2.05, 4.69) is 17.1 Å². The second-order valence-corrected chi connectivity index (χ2v) is 7.79. The molecule has 0 amide bonds. The second kappa shape index (κ2) is 8.47. The minimum Gasteiger partial charge on any atom is -0.381 e. The van der Waals surface area contributed by atoms with Crippen molar-refractivity contribution in [1.29, 1.82) is 0 Å². The van der Waals surface area contributed by atoms with E-state index in [1.807, 2.05) is 25.1 Å². The molecule has 0 radical (unpaired) electrons. The Labute approximate surface area is 151 Å². The van der Waals surface area contributed by atoms with Gasteiger partial charge in [0, 0.05) is 45.0 Å². The summed E-state index contributed by atoms with van der Waals surface area (Å²) in [6, 6.07) is 5.85. The average molecular weight is 349 g/mol. The van der Waals surface area contributed by atoms with Gasteiger partial charge in [-0.05, 0) is 62.9 Å². The molecule has 2 saturated heterocycles. The van der Waals surface area contributed by atoms with E-state index in [-0.39, 0.29) is 11.9 Å². The first-order valence-electron chi connectivity index (χ1n) is 9.56. The van der Waals surface area contributed by atoms with Gasteiger partial charge in [0.05, 0.1) is 6.61 Å². The standard InChI is InChI=1S/C20H32FN3O/c1-15(19-5-4-17(21)12-20(19)23(2)3)22-18-6-9-24(10-7-18)13-16-8-11-25-14-16/h4-5,12,15-16,18,22H,6-11,13-14H2,1-3H3/t15-,16+/m1/s1. The normalized spacial score (nSPS) is 23.8. The number of halogens is 1. The quantitative estimate of drug-likeness (QED) is 0.854. The lowest BCUT2D eigenvalue weighted by atomic mass is 9.99. The number of hydrogen-bond donors (Lipinski definition) is 1. The van der Waals surface area contributed by atoms with Gasteiger partial charge in [0.1, 0.15) is 5.82 Å². The Kier molecular flexibility index (Phi) is 6.31. The van der Waals surface area contributed by atoms with Gasteiger partial charge < -0.3 is 19.9 Å². The van der Waals surface area contributed by atoms with Gasteiger partial charge in [-0.3, -0.25) is 0 Å². The zero-order chi connectivity index (χ0) is 17.8. The molecule has 0 spiro atoms. The van der Waals surface area contributed by atoms with Crippen LogP contribution in [0.1, 0.15) is 37.8 Å².